The van der Waals surface area contributed by atoms with E-state index in [0.717, 1.165) is 25.9 Å². The van der Waals surface area contributed by atoms with Gasteiger partial charge < -0.3 is 4.74 Å². The van der Waals surface area contributed by atoms with Crippen molar-refractivity contribution in [1.29, 1.82) is 5.26 Å². The Morgan fingerprint density at radius 2 is 2.13 bits per heavy atom. The first kappa shape index (κ1) is 10.2. The molecule has 1 saturated heterocycles. The summed E-state index contributed by atoms with van der Waals surface area (Å²) in [6.07, 6.45) is 3.45. The fraction of sp³-hybridized carbons (Fsp3) is 0.462. The van der Waals surface area contributed by atoms with Gasteiger partial charge in [-0.15, -0.1) is 0 Å². The van der Waals surface area contributed by atoms with Gasteiger partial charge in [0, 0.05) is 13.0 Å². The summed E-state index contributed by atoms with van der Waals surface area (Å²) in [5, 5.41) is 8.84. The maximum Gasteiger partial charge on any atom is 0.0852 e. The molecule has 1 heterocycles. The second-order valence-electron chi connectivity index (χ2n) is 4.13. The molecule has 78 valence electrons. The predicted octanol–water partition coefficient (Wildman–Crippen LogP) is 2.69. The van der Waals surface area contributed by atoms with Crippen molar-refractivity contribution < 1.29 is 4.74 Å². The van der Waals surface area contributed by atoms with Crippen LogP contribution in [0.2, 0.25) is 0 Å². The highest BCUT2D eigenvalue weighted by molar-refractivity contribution is 5.18. The van der Waals surface area contributed by atoms with E-state index in [4.69, 9.17) is 10.00 Å². The Balaban J connectivity index is 2.11. The summed E-state index contributed by atoms with van der Waals surface area (Å²) in [6, 6.07) is 12.5. The summed E-state index contributed by atoms with van der Waals surface area (Å²) in [5.74, 6) is 0. The van der Waals surface area contributed by atoms with Gasteiger partial charge in [-0.2, -0.15) is 5.26 Å². The van der Waals surface area contributed by atoms with Crippen LogP contribution in [0.3, 0.4) is 0 Å². The number of rotatable bonds is 3. The van der Waals surface area contributed by atoms with Gasteiger partial charge in [-0.25, -0.2) is 0 Å². The van der Waals surface area contributed by atoms with E-state index in [1.54, 1.807) is 0 Å². The van der Waals surface area contributed by atoms with Crippen LogP contribution in [-0.2, 0) is 11.2 Å². The van der Waals surface area contributed by atoms with Gasteiger partial charge in [0.2, 0.25) is 0 Å². The fourth-order valence-corrected chi connectivity index (χ4v) is 2.21. The molecule has 0 spiro atoms. The molecule has 0 aliphatic carbocycles. The monoisotopic (exact) mass is 201 g/mol. The third-order valence-electron chi connectivity index (χ3n) is 2.96. The topological polar surface area (TPSA) is 33.0 Å². The quantitative estimate of drug-likeness (QED) is 0.753. The largest absolute Gasteiger partial charge is 0.374 e. The van der Waals surface area contributed by atoms with Gasteiger partial charge in [-0.05, 0) is 18.4 Å². The molecule has 0 bridgehead atoms. The minimum Gasteiger partial charge on any atom is -0.374 e. The molecule has 1 aliphatic rings. The van der Waals surface area contributed by atoms with Crippen molar-refractivity contribution in [2.75, 3.05) is 6.61 Å². The molecule has 1 atom stereocenters. The molecule has 1 aliphatic heterocycles. The van der Waals surface area contributed by atoms with Crippen LogP contribution in [0.1, 0.15) is 24.8 Å². The summed E-state index contributed by atoms with van der Waals surface area (Å²) >= 11 is 0. The smallest absolute Gasteiger partial charge is 0.0852 e. The summed E-state index contributed by atoms with van der Waals surface area (Å²) in [7, 11) is 0. The van der Waals surface area contributed by atoms with Gasteiger partial charge in [0.15, 0.2) is 0 Å². The maximum absolute atomic E-state index is 8.84. The van der Waals surface area contributed by atoms with Crippen molar-refractivity contribution in [2.45, 2.75) is 31.3 Å². The van der Waals surface area contributed by atoms with Crippen molar-refractivity contribution in [3.05, 3.63) is 35.9 Å². The molecule has 0 saturated carbocycles. The minimum absolute atomic E-state index is 0.212. The summed E-state index contributed by atoms with van der Waals surface area (Å²) < 4.78 is 5.76. The number of nitrogens with zero attached hydrogens (tertiary/aromatic N) is 1. The van der Waals surface area contributed by atoms with Gasteiger partial charge >= 0.3 is 0 Å². The molecule has 1 fully saturated rings. The molecule has 0 radical (unpaired) electrons. The lowest BCUT2D eigenvalue weighted by Crippen LogP contribution is -2.30. The second-order valence-corrected chi connectivity index (χ2v) is 4.13. The Labute approximate surface area is 90.5 Å². The zero-order valence-corrected chi connectivity index (χ0v) is 8.78. The zero-order chi connectivity index (χ0) is 10.6. The van der Waals surface area contributed by atoms with Crippen molar-refractivity contribution >= 4 is 0 Å². The van der Waals surface area contributed by atoms with Crippen LogP contribution in [0.25, 0.3) is 0 Å². The molecule has 2 heteroatoms. The molecule has 2 nitrogen and oxygen atoms in total. The highest BCUT2D eigenvalue weighted by Gasteiger charge is 2.34. The summed E-state index contributed by atoms with van der Waals surface area (Å²) in [5.41, 5.74) is 1.05. The maximum atomic E-state index is 8.84. The van der Waals surface area contributed by atoms with Gasteiger partial charge in [-0.1, -0.05) is 30.3 Å². The lowest BCUT2D eigenvalue weighted by Gasteiger charge is -2.25. The Bertz CT molecular complexity index is 347. The Morgan fingerprint density at radius 1 is 1.33 bits per heavy atom. The van der Waals surface area contributed by atoms with E-state index in [1.165, 1.54) is 5.56 Å². The van der Waals surface area contributed by atoms with Crippen molar-refractivity contribution in [2.24, 2.45) is 0 Å². The number of hydrogen-bond donors (Lipinski definition) is 0. The van der Waals surface area contributed by atoms with Crippen molar-refractivity contribution in [3.8, 4) is 6.07 Å². The molecule has 1 aromatic carbocycles. The molecular formula is C13H15NO. The summed E-state index contributed by atoms with van der Waals surface area (Å²) in [6.45, 7) is 0.800. The molecule has 15 heavy (non-hydrogen) atoms. The third-order valence-corrected chi connectivity index (χ3v) is 2.96. The van der Waals surface area contributed by atoms with E-state index in [0.29, 0.717) is 6.42 Å². The molecule has 0 unspecified atom stereocenters. The van der Waals surface area contributed by atoms with Crippen molar-refractivity contribution in [1.82, 2.24) is 0 Å². The van der Waals surface area contributed by atoms with Crippen LogP contribution in [0, 0.1) is 11.3 Å². The highest BCUT2D eigenvalue weighted by atomic mass is 16.5. The van der Waals surface area contributed by atoms with Crippen LogP contribution in [0.15, 0.2) is 30.3 Å². The number of benzene rings is 1. The van der Waals surface area contributed by atoms with Gasteiger partial charge in [0.05, 0.1) is 18.1 Å². The Hall–Kier alpha value is -1.33. The van der Waals surface area contributed by atoms with Gasteiger partial charge in [0.1, 0.15) is 0 Å². The number of nitriles is 1. The number of ether oxygens (including phenoxy) is 1. The molecule has 1 aromatic rings. The first-order valence-corrected chi connectivity index (χ1v) is 5.39. The normalized spacial score (nSPS) is 25.0. The standard InChI is InChI=1S/C13H15NO/c14-9-8-13(7-4-10-15-13)11-12-5-2-1-3-6-12/h1-3,5-6H,4,7-8,10-11H2/t13-/m1/s1. The van der Waals surface area contributed by atoms with Crippen LogP contribution < -0.4 is 0 Å². The Morgan fingerprint density at radius 3 is 2.73 bits per heavy atom. The van der Waals surface area contributed by atoms with Gasteiger partial charge in [0.25, 0.3) is 0 Å². The molecular weight excluding hydrogens is 186 g/mol. The van der Waals surface area contributed by atoms with E-state index in [-0.39, 0.29) is 5.60 Å². The predicted molar refractivity (Wildman–Crippen MR) is 58.3 cm³/mol. The van der Waals surface area contributed by atoms with E-state index in [2.05, 4.69) is 18.2 Å². The third kappa shape index (κ3) is 2.37. The van der Waals surface area contributed by atoms with Gasteiger partial charge in [-0.3, -0.25) is 0 Å². The lowest BCUT2D eigenvalue weighted by molar-refractivity contribution is 0.00848. The zero-order valence-electron chi connectivity index (χ0n) is 8.78. The van der Waals surface area contributed by atoms with E-state index in [9.17, 15) is 0 Å². The lowest BCUT2D eigenvalue weighted by atomic mass is 9.89. The van der Waals surface area contributed by atoms with Crippen LogP contribution in [-0.4, -0.2) is 12.2 Å². The average Bonchev–Trinajstić information content (AvgIpc) is 2.69. The first-order valence-electron chi connectivity index (χ1n) is 5.39. The van der Waals surface area contributed by atoms with Crippen LogP contribution in [0.5, 0.6) is 0 Å². The van der Waals surface area contributed by atoms with E-state index >= 15 is 0 Å². The van der Waals surface area contributed by atoms with E-state index < -0.39 is 0 Å². The molecule has 2 rings (SSSR count). The van der Waals surface area contributed by atoms with E-state index in [1.807, 2.05) is 18.2 Å². The SMILES string of the molecule is N#CC[C@@]1(Cc2ccccc2)CCCO1. The minimum atomic E-state index is -0.212. The first-order chi connectivity index (χ1) is 7.35. The molecule has 0 amide bonds. The Kier molecular flexibility index (Phi) is 3.03. The molecule has 0 N–H and O–H groups in total. The average molecular weight is 201 g/mol. The number of hydrogen-bond acceptors (Lipinski definition) is 2. The van der Waals surface area contributed by atoms with Crippen LogP contribution in [0.4, 0.5) is 0 Å². The second kappa shape index (κ2) is 4.46. The molecule has 0 aromatic heterocycles. The van der Waals surface area contributed by atoms with Crippen molar-refractivity contribution in [3.63, 3.8) is 0 Å². The summed E-state index contributed by atoms with van der Waals surface area (Å²) in [4.78, 5) is 0. The fourth-order valence-electron chi connectivity index (χ4n) is 2.21. The highest BCUT2D eigenvalue weighted by Crippen LogP contribution is 2.32. The van der Waals surface area contributed by atoms with Crippen LogP contribution >= 0.6 is 0 Å².